The van der Waals surface area contributed by atoms with Gasteiger partial charge in [-0.25, -0.2) is 5.48 Å². The number of rotatable bonds is 4. The van der Waals surface area contributed by atoms with Gasteiger partial charge in [0.25, 0.3) is 0 Å². The molecule has 0 spiro atoms. The minimum absolute atomic E-state index is 0.0975. The highest BCUT2D eigenvalue weighted by Gasteiger charge is 2.15. The molecule has 2 amide bonds. The van der Waals surface area contributed by atoms with Crippen LogP contribution in [0.2, 0.25) is 0 Å². The van der Waals surface area contributed by atoms with Crippen LogP contribution in [0.15, 0.2) is 0 Å². The van der Waals surface area contributed by atoms with E-state index >= 15 is 0 Å². The second kappa shape index (κ2) is 5.54. The maximum atomic E-state index is 10.9. The van der Waals surface area contributed by atoms with Crippen molar-refractivity contribution in [3.8, 4) is 0 Å². The largest absolute Gasteiger partial charge is 0.356 e. The van der Waals surface area contributed by atoms with Crippen molar-refractivity contribution in [2.75, 3.05) is 6.54 Å². The third-order valence-corrected chi connectivity index (χ3v) is 1.42. The van der Waals surface area contributed by atoms with Crippen LogP contribution in [0.3, 0.4) is 0 Å². The number of hydroxylamine groups is 1. The Labute approximate surface area is 71.1 Å². The molecule has 5 nitrogen and oxygen atoms in total. The number of carbonyl (C=O) groups is 2. The Hall–Kier alpha value is -1.10. The Balaban J connectivity index is 3.75. The van der Waals surface area contributed by atoms with E-state index in [1.54, 1.807) is 13.8 Å². The normalized spacial score (nSPS) is 11.9. The van der Waals surface area contributed by atoms with Gasteiger partial charge in [-0.05, 0) is 6.92 Å². The Kier molecular flexibility index (Phi) is 5.03. The fourth-order valence-corrected chi connectivity index (χ4v) is 0.750. The topological polar surface area (TPSA) is 78.4 Å². The molecule has 0 aromatic rings. The predicted octanol–water partition coefficient (Wildman–Crippen LogP) is -0.346. The molecule has 3 N–H and O–H groups in total. The summed E-state index contributed by atoms with van der Waals surface area (Å²) in [7, 11) is 0. The van der Waals surface area contributed by atoms with Crippen molar-refractivity contribution in [3.63, 3.8) is 0 Å². The summed E-state index contributed by atoms with van der Waals surface area (Å²) >= 11 is 0. The lowest BCUT2D eigenvalue weighted by atomic mass is 10.1. The number of nitrogens with one attached hydrogen (secondary N) is 2. The summed E-state index contributed by atoms with van der Waals surface area (Å²) < 4.78 is 0. The average Bonchev–Trinajstić information content (AvgIpc) is 2.03. The third kappa shape index (κ3) is 3.92. The first kappa shape index (κ1) is 10.9. The molecular formula is C7H14N2O3. The summed E-state index contributed by atoms with van der Waals surface area (Å²) in [5.74, 6) is -1.23. The first-order valence-electron chi connectivity index (χ1n) is 3.82. The van der Waals surface area contributed by atoms with Gasteiger partial charge in [0.05, 0.1) is 0 Å². The molecule has 0 aromatic heterocycles. The maximum absolute atomic E-state index is 10.9. The number of hydrogen-bond acceptors (Lipinski definition) is 3. The van der Waals surface area contributed by atoms with Crippen LogP contribution in [0.25, 0.3) is 0 Å². The highest BCUT2D eigenvalue weighted by atomic mass is 16.5. The van der Waals surface area contributed by atoms with Gasteiger partial charge in [0.1, 0.15) is 0 Å². The first-order valence-corrected chi connectivity index (χ1v) is 3.82. The van der Waals surface area contributed by atoms with Gasteiger partial charge in [0, 0.05) is 18.9 Å². The van der Waals surface area contributed by atoms with E-state index in [0.29, 0.717) is 6.54 Å². The van der Waals surface area contributed by atoms with Gasteiger partial charge in [0.2, 0.25) is 11.8 Å². The summed E-state index contributed by atoms with van der Waals surface area (Å²) in [6.45, 7) is 3.92. The Bertz CT molecular complexity index is 170. The van der Waals surface area contributed by atoms with Crippen molar-refractivity contribution >= 4 is 11.8 Å². The Morgan fingerprint density at radius 1 is 1.50 bits per heavy atom. The van der Waals surface area contributed by atoms with Crippen LogP contribution in [0, 0.1) is 5.92 Å². The second-order valence-electron chi connectivity index (χ2n) is 2.53. The standard InChI is InChI=1S/C7H14N2O3/c1-3-8-6(10)4-5(2)7(11)9-12/h5,12H,3-4H2,1-2H3,(H,8,10)(H,9,11). The van der Waals surface area contributed by atoms with E-state index in [2.05, 4.69) is 5.32 Å². The van der Waals surface area contributed by atoms with E-state index in [4.69, 9.17) is 5.21 Å². The van der Waals surface area contributed by atoms with Crippen LogP contribution in [0.1, 0.15) is 20.3 Å². The van der Waals surface area contributed by atoms with Crippen molar-refractivity contribution in [1.29, 1.82) is 0 Å². The van der Waals surface area contributed by atoms with Crippen molar-refractivity contribution in [1.82, 2.24) is 10.8 Å². The molecule has 70 valence electrons. The van der Waals surface area contributed by atoms with Crippen LogP contribution in [-0.4, -0.2) is 23.6 Å². The van der Waals surface area contributed by atoms with Gasteiger partial charge in [-0.1, -0.05) is 6.92 Å². The molecule has 5 heteroatoms. The Morgan fingerprint density at radius 3 is 2.50 bits per heavy atom. The second-order valence-corrected chi connectivity index (χ2v) is 2.53. The van der Waals surface area contributed by atoms with Crippen LogP contribution in [0.4, 0.5) is 0 Å². The zero-order valence-corrected chi connectivity index (χ0v) is 7.26. The molecule has 12 heavy (non-hydrogen) atoms. The smallest absolute Gasteiger partial charge is 0.246 e. The molecule has 0 aromatic carbocycles. The lowest BCUT2D eigenvalue weighted by molar-refractivity contribution is -0.135. The SMILES string of the molecule is CCNC(=O)CC(C)C(=O)NO. The molecule has 1 unspecified atom stereocenters. The van der Waals surface area contributed by atoms with E-state index < -0.39 is 11.8 Å². The lowest BCUT2D eigenvalue weighted by Crippen LogP contribution is -2.31. The van der Waals surface area contributed by atoms with Crippen molar-refractivity contribution in [3.05, 3.63) is 0 Å². The summed E-state index contributed by atoms with van der Waals surface area (Å²) in [5.41, 5.74) is 1.49. The van der Waals surface area contributed by atoms with E-state index in [-0.39, 0.29) is 12.3 Å². The highest BCUT2D eigenvalue weighted by Crippen LogP contribution is 2.00. The van der Waals surface area contributed by atoms with Crippen LogP contribution >= 0.6 is 0 Å². The molecule has 0 fully saturated rings. The fraction of sp³-hybridized carbons (Fsp3) is 0.714. The summed E-state index contributed by atoms with van der Waals surface area (Å²) in [4.78, 5) is 21.6. The molecule has 0 bridgehead atoms. The number of hydrogen-bond donors (Lipinski definition) is 3. The molecule has 0 radical (unpaired) electrons. The molecule has 0 heterocycles. The first-order chi connectivity index (χ1) is 5.61. The van der Waals surface area contributed by atoms with Gasteiger partial charge < -0.3 is 5.32 Å². The molecule has 0 aliphatic rings. The number of amides is 2. The van der Waals surface area contributed by atoms with Gasteiger partial charge >= 0.3 is 0 Å². The van der Waals surface area contributed by atoms with Crippen molar-refractivity contribution in [2.45, 2.75) is 20.3 Å². The van der Waals surface area contributed by atoms with Crippen molar-refractivity contribution in [2.24, 2.45) is 5.92 Å². The van der Waals surface area contributed by atoms with Crippen LogP contribution in [0.5, 0.6) is 0 Å². The molecule has 0 aliphatic carbocycles. The maximum Gasteiger partial charge on any atom is 0.246 e. The lowest BCUT2D eigenvalue weighted by Gasteiger charge is -2.07. The van der Waals surface area contributed by atoms with Gasteiger partial charge in [-0.3, -0.25) is 14.8 Å². The monoisotopic (exact) mass is 174 g/mol. The van der Waals surface area contributed by atoms with Crippen molar-refractivity contribution < 1.29 is 14.8 Å². The van der Waals surface area contributed by atoms with Crippen LogP contribution in [-0.2, 0) is 9.59 Å². The average molecular weight is 174 g/mol. The minimum Gasteiger partial charge on any atom is -0.356 e. The molecule has 0 saturated heterocycles. The summed E-state index contributed by atoms with van der Waals surface area (Å²) in [6.07, 6.45) is 0.0975. The van der Waals surface area contributed by atoms with Crippen LogP contribution < -0.4 is 10.8 Å². The molecule has 0 aliphatic heterocycles. The van der Waals surface area contributed by atoms with E-state index in [9.17, 15) is 9.59 Å². The van der Waals surface area contributed by atoms with Gasteiger partial charge in [0.15, 0.2) is 0 Å². The fourth-order valence-electron chi connectivity index (χ4n) is 0.750. The van der Waals surface area contributed by atoms with E-state index in [0.717, 1.165) is 0 Å². The Morgan fingerprint density at radius 2 is 2.08 bits per heavy atom. The molecular weight excluding hydrogens is 160 g/mol. The highest BCUT2D eigenvalue weighted by molar-refractivity contribution is 5.84. The van der Waals surface area contributed by atoms with Gasteiger partial charge in [-0.15, -0.1) is 0 Å². The summed E-state index contributed by atoms with van der Waals surface area (Å²) in [6, 6.07) is 0. The summed E-state index contributed by atoms with van der Waals surface area (Å²) in [5, 5.41) is 10.8. The quantitative estimate of drug-likeness (QED) is 0.403. The minimum atomic E-state index is -0.541. The predicted molar refractivity (Wildman–Crippen MR) is 42.4 cm³/mol. The van der Waals surface area contributed by atoms with E-state index in [1.165, 1.54) is 5.48 Å². The number of carbonyl (C=O) groups excluding carboxylic acids is 2. The molecule has 0 saturated carbocycles. The molecule has 0 rings (SSSR count). The van der Waals surface area contributed by atoms with Gasteiger partial charge in [-0.2, -0.15) is 0 Å². The van der Waals surface area contributed by atoms with E-state index in [1.807, 2.05) is 0 Å². The molecule has 1 atom stereocenters. The zero-order chi connectivity index (χ0) is 9.56. The third-order valence-electron chi connectivity index (χ3n) is 1.42. The zero-order valence-electron chi connectivity index (χ0n) is 7.26.